The summed E-state index contributed by atoms with van der Waals surface area (Å²) < 4.78 is 19.3. The van der Waals surface area contributed by atoms with Gasteiger partial charge in [0.15, 0.2) is 0 Å². The van der Waals surface area contributed by atoms with E-state index in [0.29, 0.717) is 32.4 Å². The van der Waals surface area contributed by atoms with Crippen LogP contribution in [-0.4, -0.2) is 48.6 Å². The summed E-state index contributed by atoms with van der Waals surface area (Å²) in [4.78, 5) is 26.1. The lowest BCUT2D eigenvalue weighted by molar-refractivity contribution is -0.122. The first kappa shape index (κ1) is 17.9. The van der Waals surface area contributed by atoms with Gasteiger partial charge in [-0.2, -0.15) is 0 Å². The summed E-state index contributed by atoms with van der Waals surface area (Å²) in [5.74, 6) is -0.715. The highest BCUT2D eigenvalue weighted by molar-refractivity contribution is 5.94. The Morgan fingerprint density at radius 1 is 1.20 bits per heavy atom. The first-order valence-corrected chi connectivity index (χ1v) is 9.08. The second-order valence-electron chi connectivity index (χ2n) is 6.79. The Bertz CT molecular complexity index is 608. The van der Waals surface area contributed by atoms with Crippen molar-refractivity contribution in [1.29, 1.82) is 0 Å². The highest BCUT2D eigenvalue weighted by Gasteiger charge is 2.26. The minimum absolute atomic E-state index is 0.0504. The summed E-state index contributed by atoms with van der Waals surface area (Å²) in [6.07, 6.45) is 5.02. The molecule has 2 amide bonds. The Kier molecular flexibility index (Phi) is 6.02. The lowest BCUT2D eigenvalue weighted by atomic mass is 10.0. The first-order chi connectivity index (χ1) is 12.1. The molecule has 136 valence electrons. The minimum Gasteiger partial charge on any atom is -0.378 e. The van der Waals surface area contributed by atoms with E-state index in [1.807, 2.05) is 0 Å². The van der Waals surface area contributed by atoms with E-state index in [-0.39, 0.29) is 29.5 Å². The standard InChI is InChI=1S/C19H25FN2O3/c20-17-6-2-1-5-16(17)19(24)22-11-9-14(10-12-22)21-18(23)8-7-15-4-3-13-25-15/h1-2,5-6,14-15H,3-4,7-13H2,(H,21,23)/t15-/m0/s1. The molecule has 1 atom stereocenters. The van der Waals surface area contributed by atoms with Gasteiger partial charge in [0.05, 0.1) is 11.7 Å². The maximum Gasteiger partial charge on any atom is 0.256 e. The van der Waals surface area contributed by atoms with E-state index in [9.17, 15) is 14.0 Å². The van der Waals surface area contributed by atoms with Gasteiger partial charge in [-0.1, -0.05) is 12.1 Å². The van der Waals surface area contributed by atoms with Crippen molar-refractivity contribution in [2.24, 2.45) is 0 Å². The van der Waals surface area contributed by atoms with Crippen LogP contribution in [0, 0.1) is 5.82 Å². The topological polar surface area (TPSA) is 58.6 Å². The molecule has 2 aliphatic rings. The second kappa shape index (κ2) is 8.43. The zero-order valence-electron chi connectivity index (χ0n) is 14.4. The normalized spacial score (nSPS) is 21.3. The number of hydrogen-bond acceptors (Lipinski definition) is 3. The van der Waals surface area contributed by atoms with Crippen molar-refractivity contribution >= 4 is 11.8 Å². The molecule has 1 aromatic carbocycles. The third kappa shape index (κ3) is 4.78. The molecule has 2 saturated heterocycles. The first-order valence-electron chi connectivity index (χ1n) is 9.08. The number of benzene rings is 1. The van der Waals surface area contributed by atoms with Gasteiger partial charge in [0.1, 0.15) is 5.82 Å². The zero-order valence-corrected chi connectivity index (χ0v) is 14.4. The third-order valence-electron chi connectivity index (χ3n) is 4.97. The number of carbonyl (C=O) groups is 2. The van der Waals surface area contributed by atoms with Crippen molar-refractivity contribution in [3.8, 4) is 0 Å². The number of ether oxygens (including phenoxy) is 1. The largest absolute Gasteiger partial charge is 0.378 e. The molecule has 0 radical (unpaired) electrons. The van der Waals surface area contributed by atoms with Gasteiger partial charge in [-0.3, -0.25) is 9.59 Å². The second-order valence-corrected chi connectivity index (χ2v) is 6.79. The van der Waals surface area contributed by atoms with E-state index in [1.54, 1.807) is 17.0 Å². The van der Waals surface area contributed by atoms with Gasteiger partial charge in [-0.15, -0.1) is 0 Å². The van der Waals surface area contributed by atoms with Gasteiger partial charge in [0, 0.05) is 32.2 Å². The number of piperidine rings is 1. The molecule has 2 fully saturated rings. The van der Waals surface area contributed by atoms with E-state index >= 15 is 0 Å². The van der Waals surface area contributed by atoms with Crippen LogP contribution >= 0.6 is 0 Å². The lowest BCUT2D eigenvalue weighted by Crippen LogP contribution is -2.46. The maximum absolute atomic E-state index is 13.7. The number of rotatable bonds is 5. The van der Waals surface area contributed by atoms with Crippen molar-refractivity contribution in [3.63, 3.8) is 0 Å². The van der Waals surface area contributed by atoms with Crippen LogP contribution in [0.25, 0.3) is 0 Å². The Morgan fingerprint density at radius 2 is 1.96 bits per heavy atom. The van der Waals surface area contributed by atoms with Gasteiger partial charge in [-0.05, 0) is 44.2 Å². The van der Waals surface area contributed by atoms with Crippen molar-refractivity contribution in [1.82, 2.24) is 10.2 Å². The number of carbonyl (C=O) groups excluding carboxylic acids is 2. The SMILES string of the molecule is O=C(CC[C@@H]1CCCO1)NC1CCN(C(=O)c2ccccc2F)CC1. The summed E-state index contributed by atoms with van der Waals surface area (Å²) in [5.41, 5.74) is 0.113. The van der Waals surface area contributed by atoms with E-state index < -0.39 is 5.82 Å². The molecule has 0 aliphatic carbocycles. The quantitative estimate of drug-likeness (QED) is 0.889. The highest BCUT2D eigenvalue weighted by atomic mass is 19.1. The number of hydrogen-bond donors (Lipinski definition) is 1. The van der Waals surface area contributed by atoms with E-state index in [2.05, 4.69) is 5.32 Å². The van der Waals surface area contributed by atoms with E-state index in [4.69, 9.17) is 4.74 Å². The number of likely N-dealkylation sites (tertiary alicyclic amines) is 1. The molecule has 6 heteroatoms. The van der Waals surface area contributed by atoms with Gasteiger partial charge < -0.3 is 15.0 Å². The molecule has 0 saturated carbocycles. The van der Waals surface area contributed by atoms with Crippen LogP contribution in [0.5, 0.6) is 0 Å². The third-order valence-corrected chi connectivity index (χ3v) is 4.97. The fraction of sp³-hybridized carbons (Fsp3) is 0.579. The average molecular weight is 348 g/mol. The van der Waals surface area contributed by atoms with Crippen LogP contribution in [0.2, 0.25) is 0 Å². The highest BCUT2D eigenvalue weighted by Crippen LogP contribution is 2.18. The number of nitrogens with zero attached hydrogens (tertiary/aromatic N) is 1. The zero-order chi connectivity index (χ0) is 17.6. The summed E-state index contributed by atoms with van der Waals surface area (Å²) >= 11 is 0. The average Bonchev–Trinajstić information content (AvgIpc) is 3.14. The molecule has 0 unspecified atom stereocenters. The van der Waals surface area contributed by atoms with Crippen LogP contribution < -0.4 is 5.32 Å². The van der Waals surface area contributed by atoms with E-state index in [1.165, 1.54) is 12.1 Å². The Labute approximate surface area is 147 Å². The van der Waals surface area contributed by atoms with Crippen LogP contribution in [-0.2, 0) is 9.53 Å². The summed E-state index contributed by atoms with van der Waals surface area (Å²) in [6, 6.07) is 6.13. The molecule has 0 aromatic heterocycles. The predicted molar refractivity (Wildman–Crippen MR) is 91.7 cm³/mol. The van der Waals surface area contributed by atoms with Crippen LogP contribution in [0.4, 0.5) is 4.39 Å². The fourth-order valence-corrected chi connectivity index (χ4v) is 3.50. The van der Waals surface area contributed by atoms with Crippen molar-refractivity contribution < 1.29 is 18.7 Å². The molecule has 2 aliphatic heterocycles. The van der Waals surface area contributed by atoms with Crippen molar-refractivity contribution in [2.45, 2.75) is 50.7 Å². The molecule has 25 heavy (non-hydrogen) atoms. The molecule has 0 spiro atoms. The maximum atomic E-state index is 13.7. The van der Waals surface area contributed by atoms with E-state index in [0.717, 1.165) is 25.9 Å². The van der Waals surface area contributed by atoms with Gasteiger partial charge in [-0.25, -0.2) is 4.39 Å². The monoisotopic (exact) mass is 348 g/mol. The smallest absolute Gasteiger partial charge is 0.256 e. The van der Waals surface area contributed by atoms with Gasteiger partial charge in [0.25, 0.3) is 5.91 Å². The molecule has 1 N–H and O–H groups in total. The summed E-state index contributed by atoms with van der Waals surface area (Å²) in [6.45, 7) is 1.87. The molecule has 2 heterocycles. The van der Waals surface area contributed by atoms with Crippen molar-refractivity contribution in [3.05, 3.63) is 35.6 Å². The molecular formula is C19H25FN2O3. The summed E-state index contributed by atoms with van der Waals surface area (Å²) in [5, 5.41) is 3.05. The Morgan fingerprint density at radius 3 is 2.64 bits per heavy atom. The Hall–Kier alpha value is -1.95. The lowest BCUT2D eigenvalue weighted by Gasteiger charge is -2.32. The molecule has 5 nitrogen and oxygen atoms in total. The number of nitrogens with one attached hydrogen (secondary N) is 1. The molecule has 0 bridgehead atoms. The molecule has 1 aromatic rings. The molecular weight excluding hydrogens is 323 g/mol. The fourth-order valence-electron chi connectivity index (χ4n) is 3.50. The van der Waals surface area contributed by atoms with Gasteiger partial charge in [0.2, 0.25) is 5.91 Å². The van der Waals surface area contributed by atoms with Crippen molar-refractivity contribution in [2.75, 3.05) is 19.7 Å². The summed E-state index contributed by atoms with van der Waals surface area (Å²) in [7, 11) is 0. The Balaban J connectivity index is 1.41. The number of halogens is 1. The number of amides is 2. The van der Waals surface area contributed by atoms with Crippen LogP contribution in [0.15, 0.2) is 24.3 Å². The van der Waals surface area contributed by atoms with Gasteiger partial charge >= 0.3 is 0 Å². The van der Waals surface area contributed by atoms with Crippen LogP contribution in [0.3, 0.4) is 0 Å². The molecule has 3 rings (SSSR count). The predicted octanol–water partition coefficient (Wildman–Crippen LogP) is 2.51. The van der Waals surface area contributed by atoms with Crippen LogP contribution in [0.1, 0.15) is 48.9 Å². The minimum atomic E-state index is -0.489.